The van der Waals surface area contributed by atoms with E-state index >= 15 is 0 Å². The van der Waals surface area contributed by atoms with E-state index in [9.17, 15) is 8.42 Å². The number of sulfonamides is 1. The van der Waals surface area contributed by atoms with E-state index in [1.807, 2.05) is 12.4 Å². The van der Waals surface area contributed by atoms with Crippen LogP contribution in [-0.4, -0.2) is 45.5 Å². The summed E-state index contributed by atoms with van der Waals surface area (Å²) in [7, 11) is -1.38. The number of hydrogen-bond donors (Lipinski definition) is 2. The first-order valence-corrected chi connectivity index (χ1v) is 9.75. The van der Waals surface area contributed by atoms with Gasteiger partial charge >= 0.3 is 0 Å². The highest BCUT2D eigenvalue weighted by Gasteiger charge is 2.21. The Balaban J connectivity index is 1.83. The topological polar surface area (TPSA) is 61.4 Å². The van der Waals surface area contributed by atoms with Crippen LogP contribution < -0.4 is 10.0 Å². The van der Waals surface area contributed by atoms with Crippen LogP contribution in [0.2, 0.25) is 0 Å². The van der Waals surface area contributed by atoms with Crippen molar-refractivity contribution >= 4 is 21.4 Å². The Kier molecular flexibility index (Phi) is 5.79. The lowest BCUT2D eigenvalue weighted by atomic mass is 10.3. The number of nitrogens with zero attached hydrogens (tertiary/aromatic N) is 1. The second-order valence-corrected chi connectivity index (χ2v) is 8.81. The zero-order valence-corrected chi connectivity index (χ0v) is 14.6. The zero-order chi connectivity index (χ0) is 15.5. The minimum absolute atomic E-state index is 0.405. The van der Waals surface area contributed by atoms with Crippen LogP contribution in [0.5, 0.6) is 0 Å². The highest BCUT2D eigenvalue weighted by atomic mass is 32.2. The maximum atomic E-state index is 12.2. The van der Waals surface area contributed by atoms with E-state index in [-0.39, 0.29) is 0 Å². The van der Waals surface area contributed by atoms with Gasteiger partial charge in [-0.3, -0.25) is 0 Å². The Morgan fingerprint density at radius 1 is 1.43 bits per heavy atom. The summed E-state index contributed by atoms with van der Waals surface area (Å²) in [6, 6.07) is 2.82. The van der Waals surface area contributed by atoms with Crippen LogP contribution in [0.3, 0.4) is 0 Å². The summed E-state index contributed by atoms with van der Waals surface area (Å²) in [5.74, 6) is 0. The number of hydrogen-bond acceptors (Lipinski definition) is 5. The van der Waals surface area contributed by atoms with Crippen LogP contribution in [0, 0.1) is 0 Å². The van der Waals surface area contributed by atoms with Crippen molar-refractivity contribution in [3.8, 4) is 0 Å². The van der Waals surface area contributed by atoms with E-state index in [1.165, 1.54) is 24.2 Å². The summed E-state index contributed by atoms with van der Waals surface area (Å²) < 4.78 is 27.5. The smallest absolute Gasteiger partial charge is 0.250 e. The van der Waals surface area contributed by atoms with E-state index in [0.717, 1.165) is 12.1 Å². The van der Waals surface area contributed by atoms with Gasteiger partial charge in [-0.25, -0.2) is 13.1 Å². The Labute approximate surface area is 131 Å². The van der Waals surface area contributed by atoms with Crippen molar-refractivity contribution in [3.63, 3.8) is 0 Å². The third kappa shape index (κ3) is 5.34. The van der Waals surface area contributed by atoms with E-state index in [2.05, 4.69) is 28.8 Å². The molecule has 5 nitrogen and oxygen atoms in total. The highest BCUT2D eigenvalue weighted by Crippen LogP contribution is 2.22. The van der Waals surface area contributed by atoms with Crippen molar-refractivity contribution in [2.24, 2.45) is 0 Å². The Morgan fingerprint density at radius 2 is 2.14 bits per heavy atom. The first-order chi connectivity index (χ1) is 9.88. The highest BCUT2D eigenvalue weighted by molar-refractivity contribution is 7.91. The molecule has 1 fully saturated rings. The maximum absolute atomic E-state index is 12.2. The van der Waals surface area contributed by atoms with Crippen LogP contribution in [0.15, 0.2) is 15.7 Å². The van der Waals surface area contributed by atoms with Crippen LogP contribution in [-0.2, 0) is 16.6 Å². The molecule has 0 spiro atoms. The predicted molar refractivity (Wildman–Crippen MR) is 87.1 cm³/mol. The van der Waals surface area contributed by atoms with Crippen molar-refractivity contribution in [2.75, 3.05) is 20.1 Å². The molecule has 0 saturated heterocycles. The molecular weight excluding hydrogens is 306 g/mol. The largest absolute Gasteiger partial charge is 0.310 e. The predicted octanol–water partition coefficient (Wildman–Crippen LogP) is 1.62. The molecule has 0 bridgehead atoms. The van der Waals surface area contributed by atoms with E-state index < -0.39 is 10.0 Å². The van der Waals surface area contributed by atoms with Gasteiger partial charge in [-0.15, -0.1) is 11.3 Å². The first kappa shape index (κ1) is 16.9. The SMILES string of the molecule is CC(C)N(C)CCNS(=O)(=O)c1cc(CNC2CC2)cs1. The maximum Gasteiger partial charge on any atom is 0.250 e. The molecule has 0 atom stereocenters. The number of nitrogens with one attached hydrogen (secondary N) is 2. The molecule has 0 unspecified atom stereocenters. The van der Waals surface area contributed by atoms with Crippen molar-refractivity contribution in [2.45, 2.75) is 49.5 Å². The van der Waals surface area contributed by atoms with Gasteiger partial charge in [0.1, 0.15) is 4.21 Å². The molecule has 120 valence electrons. The Hall–Kier alpha value is -0.470. The third-order valence-corrected chi connectivity index (χ3v) is 6.65. The average Bonchev–Trinajstić information content (AvgIpc) is 3.12. The van der Waals surface area contributed by atoms with E-state index in [0.29, 0.717) is 29.4 Å². The van der Waals surface area contributed by atoms with Crippen LogP contribution in [0.1, 0.15) is 32.3 Å². The standard InChI is InChI=1S/C14H25N3O2S2/c1-11(2)17(3)7-6-16-21(18,19)14-8-12(10-20-14)9-15-13-4-5-13/h8,10-11,13,15-16H,4-7,9H2,1-3H3. The molecule has 1 heterocycles. The van der Waals surface area contributed by atoms with Crippen LogP contribution >= 0.6 is 11.3 Å². The first-order valence-electron chi connectivity index (χ1n) is 7.39. The minimum atomic E-state index is -3.37. The third-order valence-electron chi connectivity index (χ3n) is 3.70. The summed E-state index contributed by atoms with van der Waals surface area (Å²) in [6.07, 6.45) is 2.47. The lowest BCUT2D eigenvalue weighted by molar-refractivity contribution is 0.278. The van der Waals surface area contributed by atoms with Crippen molar-refractivity contribution < 1.29 is 8.42 Å². The molecule has 2 N–H and O–H groups in total. The second-order valence-electron chi connectivity index (χ2n) is 5.90. The molecule has 0 radical (unpaired) electrons. The van der Waals surface area contributed by atoms with Gasteiger partial charge in [-0.05, 0) is 50.7 Å². The van der Waals surface area contributed by atoms with Crippen molar-refractivity contribution in [1.29, 1.82) is 0 Å². The zero-order valence-electron chi connectivity index (χ0n) is 12.9. The number of thiophene rings is 1. The van der Waals surface area contributed by atoms with Gasteiger partial charge in [0.15, 0.2) is 0 Å². The average molecular weight is 332 g/mol. The van der Waals surface area contributed by atoms with Gasteiger partial charge in [-0.2, -0.15) is 0 Å². The molecule has 0 amide bonds. The minimum Gasteiger partial charge on any atom is -0.310 e. The summed E-state index contributed by atoms with van der Waals surface area (Å²) in [5, 5.41) is 5.31. The molecule has 1 aliphatic rings. The number of likely N-dealkylation sites (N-methyl/N-ethyl adjacent to an activating group) is 1. The molecule has 0 aliphatic heterocycles. The fourth-order valence-corrected chi connectivity index (χ4v) is 4.10. The summed E-state index contributed by atoms with van der Waals surface area (Å²) in [4.78, 5) is 2.11. The van der Waals surface area contributed by atoms with Gasteiger partial charge in [0.25, 0.3) is 0 Å². The van der Waals surface area contributed by atoms with Gasteiger partial charge in [0.05, 0.1) is 0 Å². The molecule has 1 saturated carbocycles. The Bertz CT molecular complexity index is 550. The molecule has 2 rings (SSSR count). The summed E-state index contributed by atoms with van der Waals surface area (Å²) in [5.41, 5.74) is 1.05. The summed E-state index contributed by atoms with van der Waals surface area (Å²) in [6.45, 7) is 6.08. The second kappa shape index (κ2) is 7.19. The van der Waals surface area contributed by atoms with Gasteiger partial charge in [0, 0.05) is 31.7 Å². The summed E-state index contributed by atoms with van der Waals surface area (Å²) >= 11 is 1.29. The molecule has 7 heteroatoms. The molecule has 1 aromatic rings. The lowest BCUT2D eigenvalue weighted by Gasteiger charge is -2.20. The van der Waals surface area contributed by atoms with Crippen molar-refractivity contribution in [1.82, 2.24) is 14.9 Å². The van der Waals surface area contributed by atoms with Crippen LogP contribution in [0.25, 0.3) is 0 Å². The quantitative estimate of drug-likeness (QED) is 0.722. The Morgan fingerprint density at radius 3 is 2.76 bits per heavy atom. The monoisotopic (exact) mass is 331 g/mol. The normalized spacial score (nSPS) is 16.0. The number of rotatable bonds is 9. The molecule has 0 aromatic carbocycles. The lowest BCUT2D eigenvalue weighted by Crippen LogP contribution is -2.35. The van der Waals surface area contributed by atoms with Gasteiger partial charge in [0.2, 0.25) is 10.0 Å². The fraction of sp³-hybridized carbons (Fsp3) is 0.714. The van der Waals surface area contributed by atoms with Gasteiger partial charge < -0.3 is 10.2 Å². The fourth-order valence-electron chi connectivity index (χ4n) is 1.82. The van der Waals surface area contributed by atoms with E-state index in [4.69, 9.17) is 0 Å². The van der Waals surface area contributed by atoms with Crippen LogP contribution in [0.4, 0.5) is 0 Å². The van der Waals surface area contributed by atoms with Crippen molar-refractivity contribution in [3.05, 3.63) is 17.0 Å². The molecular formula is C14H25N3O2S2. The van der Waals surface area contributed by atoms with E-state index in [1.54, 1.807) is 6.07 Å². The molecule has 21 heavy (non-hydrogen) atoms. The molecule has 1 aliphatic carbocycles. The van der Waals surface area contributed by atoms with Gasteiger partial charge in [-0.1, -0.05) is 0 Å². The molecule has 1 aromatic heterocycles.